The average molecular weight is 227 g/mol. The molecule has 3 heteroatoms. The van der Waals surface area contributed by atoms with Crippen LogP contribution in [0.2, 0.25) is 0 Å². The van der Waals surface area contributed by atoms with Crippen LogP contribution in [0.4, 0.5) is 0 Å². The molecule has 1 fully saturated rings. The number of ether oxygens (including phenoxy) is 1. The van der Waals surface area contributed by atoms with Crippen molar-refractivity contribution in [3.05, 3.63) is 0 Å². The molecule has 0 aromatic carbocycles. The number of nitriles is 1. The Hall–Kier alpha value is -0.200. The summed E-state index contributed by atoms with van der Waals surface area (Å²) in [5.41, 5.74) is -0.143. The van der Waals surface area contributed by atoms with Crippen molar-refractivity contribution in [3.8, 4) is 6.07 Å². The summed E-state index contributed by atoms with van der Waals surface area (Å²) >= 11 is 2.06. The van der Waals surface area contributed by atoms with Crippen LogP contribution < -0.4 is 0 Å². The molecule has 86 valence electrons. The van der Waals surface area contributed by atoms with Crippen molar-refractivity contribution in [3.63, 3.8) is 0 Å². The van der Waals surface area contributed by atoms with Crippen LogP contribution in [0.1, 0.15) is 39.5 Å². The Morgan fingerprint density at radius 2 is 2.07 bits per heavy atom. The number of thioether (sulfide) groups is 1. The highest BCUT2D eigenvalue weighted by atomic mass is 32.2. The normalized spacial score (nSPS) is 18.7. The van der Waals surface area contributed by atoms with Gasteiger partial charge in [0.05, 0.1) is 11.5 Å². The van der Waals surface area contributed by atoms with Crippen molar-refractivity contribution in [2.24, 2.45) is 5.41 Å². The highest BCUT2D eigenvalue weighted by molar-refractivity contribution is 7.99. The molecule has 0 radical (unpaired) electrons. The van der Waals surface area contributed by atoms with Gasteiger partial charge in [-0.05, 0) is 45.3 Å². The molecule has 0 spiro atoms. The van der Waals surface area contributed by atoms with Gasteiger partial charge in [0, 0.05) is 18.5 Å². The maximum absolute atomic E-state index is 8.87. The minimum atomic E-state index is -0.143. The Morgan fingerprint density at radius 3 is 2.67 bits per heavy atom. The van der Waals surface area contributed by atoms with E-state index >= 15 is 0 Å². The smallest absolute Gasteiger partial charge is 0.0683 e. The molecule has 0 atom stereocenters. The molecule has 0 aromatic heterocycles. The Bertz CT molecular complexity index is 216. The predicted molar refractivity (Wildman–Crippen MR) is 64.9 cm³/mol. The van der Waals surface area contributed by atoms with E-state index in [1.807, 2.05) is 13.8 Å². The van der Waals surface area contributed by atoms with Crippen LogP contribution in [0.5, 0.6) is 0 Å². The lowest BCUT2D eigenvalue weighted by Crippen LogP contribution is -2.18. The second-order valence-corrected chi connectivity index (χ2v) is 6.19. The summed E-state index contributed by atoms with van der Waals surface area (Å²) < 4.78 is 5.32. The van der Waals surface area contributed by atoms with Gasteiger partial charge < -0.3 is 4.74 Å². The highest BCUT2D eigenvalue weighted by Crippen LogP contribution is 2.26. The molecule has 1 aliphatic rings. The first-order valence-corrected chi connectivity index (χ1v) is 6.79. The van der Waals surface area contributed by atoms with Gasteiger partial charge in [0.1, 0.15) is 0 Å². The van der Waals surface area contributed by atoms with E-state index in [1.54, 1.807) is 0 Å². The van der Waals surface area contributed by atoms with Gasteiger partial charge in [-0.25, -0.2) is 0 Å². The lowest BCUT2D eigenvalue weighted by molar-refractivity contribution is 0.1000. The molecule has 0 unspecified atom stereocenters. The zero-order valence-corrected chi connectivity index (χ0v) is 10.6. The van der Waals surface area contributed by atoms with E-state index in [-0.39, 0.29) is 5.41 Å². The average Bonchev–Trinajstić information content (AvgIpc) is 2.26. The van der Waals surface area contributed by atoms with Crippen LogP contribution in [0.25, 0.3) is 0 Å². The first kappa shape index (κ1) is 12.9. The second kappa shape index (κ2) is 6.40. The number of hydrogen-bond acceptors (Lipinski definition) is 3. The Morgan fingerprint density at radius 1 is 1.40 bits per heavy atom. The van der Waals surface area contributed by atoms with E-state index in [9.17, 15) is 0 Å². The van der Waals surface area contributed by atoms with Gasteiger partial charge in [-0.15, -0.1) is 0 Å². The zero-order valence-electron chi connectivity index (χ0n) is 9.79. The van der Waals surface area contributed by atoms with E-state index in [0.29, 0.717) is 0 Å². The standard InChI is InChI=1S/C12H21NOS/c1-12(2,10-13)6-3-9-15-11-4-7-14-8-5-11/h11H,3-9H2,1-2H3. The number of hydrogen-bond donors (Lipinski definition) is 0. The van der Waals surface area contributed by atoms with Crippen LogP contribution in [0.15, 0.2) is 0 Å². The van der Waals surface area contributed by atoms with E-state index in [2.05, 4.69) is 17.8 Å². The van der Waals surface area contributed by atoms with Crippen molar-refractivity contribution < 1.29 is 4.74 Å². The fourth-order valence-electron chi connectivity index (χ4n) is 1.66. The summed E-state index contributed by atoms with van der Waals surface area (Å²) in [5, 5.41) is 9.66. The largest absolute Gasteiger partial charge is 0.381 e. The summed E-state index contributed by atoms with van der Waals surface area (Å²) in [4.78, 5) is 0. The monoisotopic (exact) mass is 227 g/mol. The SMILES string of the molecule is CC(C)(C#N)CCCSC1CCOCC1. The maximum atomic E-state index is 8.87. The molecule has 0 amide bonds. The molecule has 0 aromatic rings. The van der Waals surface area contributed by atoms with Crippen molar-refractivity contribution in [2.75, 3.05) is 19.0 Å². The molecule has 0 N–H and O–H groups in total. The molecule has 1 aliphatic heterocycles. The van der Waals surface area contributed by atoms with Gasteiger partial charge in [-0.2, -0.15) is 17.0 Å². The van der Waals surface area contributed by atoms with Gasteiger partial charge in [-0.1, -0.05) is 0 Å². The summed E-state index contributed by atoms with van der Waals surface area (Å²) in [5.74, 6) is 1.19. The lowest BCUT2D eigenvalue weighted by Gasteiger charge is -2.22. The van der Waals surface area contributed by atoms with Crippen molar-refractivity contribution in [1.29, 1.82) is 5.26 Å². The summed E-state index contributed by atoms with van der Waals surface area (Å²) in [6, 6.07) is 2.35. The molecule has 1 rings (SSSR count). The van der Waals surface area contributed by atoms with E-state index in [1.165, 1.54) is 18.6 Å². The fraction of sp³-hybridized carbons (Fsp3) is 0.917. The molecule has 0 bridgehead atoms. The van der Waals surface area contributed by atoms with E-state index < -0.39 is 0 Å². The lowest BCUT2D eigenvalue weighted by atomic mass is 9.90. The van der Waals surface area contributed by atoms with Crippen LogP contribution in [-0.2, 0) is 4.74 Å². The summed E-state index contributed by atoms with van der Waals surface area (Å²) in [6.07, 6.45) is 4.57. The molecule has 1 saturated heterocycles. The zero-order chi connectivity index (χ0) is 11.1. The van der Waals surface area contributed by atoms with Crippen molar-refractivity contribution >= 4 is 11.8 Å². The quantitative estimate of drug-likeness (QED) is 0.676. The Balaban J connectivity index is 2.04. The Labute approximate surface area is 97.4 Å². The molecular weight excluding hydrogens is 206 g/mol. The third-order valence-electron chi connectivity index (χ3n) is 2.77. The van der Waals surface area contributed by atoms with Crippen LogP contribution in [0, 0.1) is 16.7 Å². The van der Waals surface area contributed by atoms with Crippen LogP contribution in [-0.4, -0.2) is 24.2 Å². The molecule has 1 heterocycles. The highest BCUT2D eigenvalue weighted by Gasteiger charge is 2.17. The first-order chi connectivity index (χ1) is 7.14. The van der Waals surface area contributed by atoms with Crippen molar-refractivity contribution in [2.45, 2.75) is 44.8 Å². The molecule has 0 aliphatic carbocycles. The fourth-order valence-corrected chi connectivity index (χ4v) is 2.83. The van der Waals surface area contributed by atoms with Gasteiger partial charge in [0.15, 0.2) is 0 Å². The molecule has 2 nitrogen and oxygen atoms in total. The number of rotatable bonds is 5. The summed E-state index contributed by atoms with van der Waals surface area (Å²) in [6.45, 7) is 5.90. The molecule has 0 saturated carbocycles. The van der Waals surface area contributed by atoms with E-state index in [0.717, 1.165) is 31.3 Å². The van der Waals surface area contributed by atoms with Gasteiger partial charge in [0.2, 0.25) is 0 Å². The van der Waals surface area contributed by atoms with Crippen molar-refractivity contribution in [1.82, 2.24) is 0 Å². The first-order valence-electron chi connectivity index (χ1n) is 5.75. The molecule has 15 heavy (non-hydrogen) atoms. The number of nitrogens with zero attached hydrogens (tertiary/aromatic N) is 1. The minimum Gasteiger partial charge on any atom is -0.381 e. The topological polar surface area (TPSA) is 33.0 Å². The van der Waals surface area contributed by atoms with Gasteiger partial charge in [0.25, 0.3) is 0 Å². The van der Waals surface area contributed by atoms with Gasteiger partial charge >= 0.3 is 0 Å². The van der Waals surface area contributed by atoms with E-state index in [4.69, 9.17) is 10.00 Å². The third-order valence-corrected chi connectivity index (χ3v) is 4.24. The third kappa shape index (κ3) is 5.44. The molecular formula is C12H21NOS. The van der Waals surface area contributed by atoms with Crippen LogP contribution in [0.3, 0.4) is 0 Å². The summed E-state index contributed by atoms with van der Waals surface area (Å²) in [7, 11) is 0. The minimum absolute atomic E-state index is 0.143. The second-order valence-electron chi connectivity index (χ2n) is 4.78. The van der Waals surface area contributed by atoms with Crippen LogP contribution >= 0.6 is 11.8 Å². The Kier molecular flexibility index (Phi) is 5.49. The van der Waals surface area contributed by atoms with Gasteiger partial charge in [-0.3, -0.25) is 0 Å². The predicted octanol–water partition coefficient (Wildman–Crippen LogP) is 3.23. The maximum Gasteiger partial charge on any atom is 0.0683 e.